The fraction of sp³-hybridized carbons (Fsp3) is 0.562. The third-order valence-electron chi connectivity index (χ3n) is 3.79. The Labute approximate surface area is 120 Å². The summed E-state index contributed by atoms with van der Waals surface area (Å²) in [7, 11) is 0. The van der Waals surface area contributed by atoms with E-state index in [1.807, 2.05) is 19.1 Å². The molecular weight excluding hydrogens is 252 g/mol. The van der Waals surface area contributed by atoms with Crippen LogP contribution in [0.25, 0.3) is 0 Å². The number of ether oxygens (including phenoxy) is 1. The van der Waals surface area contributed by atoms with Crippen LogP contribution in [-0.4, -0.2) is 25.2 Å². The fourth-order valence-electron chi connectivity index (χ4n) is 2.70. The van der Waals surface area contributed by atoms with Crippen LogP contribution in [0.5, 0.6) is 0 Å². The van der Waals surface area contributed by atoms with Crippen LogP contribution in [0.1, 0.15) is 49.9 Å². The first-order valence-corrected chi connectivity index (χ1v) is 7.46. The van der Waals surface area contributed by atoms with Gasteiger partial charge in [-0.25, -0.2) is 4.79 Å². The number of benzene rings is 1. The molecule has 0 radical (unpaired) electrons. The maximum absolute atomic E-state index is 12.2. The van der Waals surface area contributed by atoms with E-state index in [-0.39, 0.29) is 5.97 Å². The molecule has 1 atom stereocenters. The van der Waals surface area contributed by atoms with Gasteiger partial charge in [0.1, 0.15) is 0 Å². The molecule has 1 unspecified atom stereocenters. The molecule has 1 fully saturated rings. The Balaban J connectivity index is 2.29. The lowest BCUT2D eigenvalue weighted by Crippen LogP contribution is -2.38. The number of rotatable bonds is 4. The summed E-state index contributed by atoms with van der Waals surface area (Å²) in [5.41, 5.74) is 7.97. The molecule has 1 aromatic rings. The van der Waals surface area contributed by atoms with E-state index < -0.39 is 0 Å². The summed E-state index contributed by atoms with van der Waals surface area (Å²) in [6.07, 6.45) is 4.40. The normalized spacial score (nSPS) is 18.9. The molecule has 2 rings (SSSR count). The first-order valence-electron chi connectivity index (χ1n) is 7.46. The molecule has 2 N–H and O–H groups in total. The number of piperidine rings is 1. The maximum Gasteiger partial charge on any atom is 0.340 e. The topological polar surface area (TPSA) is 55.6 Å². The lowest BCUT2D eigenvalue weighted by molar-refractivity contribution is 0.0505. The monoisotopic (exact) mass is 276 g/mol. The summed E-state index contributed by atoms with van der Waals surface area (Å²) in [4.78, 5) is 14.5. The molecular formula is C16H24N2O2. The van der Waals surface area contributed by atoms with E-state index in [9.17, 15) is 4.79 Å². The van der Waals surface area contributed by atoms with Crippen LogP contribution in [0.3, 0.4) is 0 Å². The van der Waals surface area contributed by atoms with E-state index >= 15 is 0 Å². The highest BCUT2D eigenvalue weighted by atomic mass is 16.5. The zero-order valence-corrected chi connectivity index (χ0v) is 12.4. The standard InChI is InChI=1S/C16H24N2O2/c1-3-10-20-16(19)14-11-13(17)7-8-15(14)18-9-5-4-6-12(18)2/h7-8,11-12H,3-6,9-10,17H2,1-2H3. The molecule has 1 heterocycles. The molecule has 0 amide bonds. The zero-order valence-electron chi connectivity index (χ0n) is 12.4. The lowest BCUT2D eigenvalue weighted by atomic mass is 10.0. The summed E-state index contributed by atoms with van der Waals surface area (Å²) < 4.78 is 5.28. The minimum Gasteiger partial charge on any atom is -0.462 e. The molecule has 0 bridgehead atoms. The van der Waals surface area contributed by atoms with Crippen molar-refractivity contribution in [2.75, 3.05) is 23.8 Å². The van der Waals surface area contributed by atoms with Crippen molar-refractivity contribution in [2.24, 2.45) is 0 Å². The first-order chi connectivity index (χ1) is 9.63. The third-order valence-corrected chi connectivity index (χ3v) is 3.79. The molecule has 0 aromatic heterocycles. The van der Waals surface area contributed by atoms with E-state index in [1.165, 1.54) is 6.42 Å². The van der Waals surface area contributed by atoms with E-state index in [0.717, 1.165) is 31.5 Å². The molecule has 110 valence electrons. The number of esters is 1. The average molecular weight is 276 g/mol. The second kappa shape index (κ2) is 6.64. The Bertz CT molecular complexity index is 474. The van der Waals surface area contributed by atoms with Gasteiger partial charge in [0.05, 0.1) is 17.9 Å². The molecule has 4 heteroatoms. The second-order valence-corrected chi connectivity index (χ2v) is 5.45. The Morgan fingerprint density at radius 2 is 2.25 bits per heavy atom. The SMILES string of the molecule is CCCOC(=O)c1cc(N)ccc1N1CCCCC1C. The second-order valence-electron chi connectivity index (χ2n) is 5.45. The van der Waals surface area contributed by atoms with Gasteiger partial charge in [-0.1, -0.05) is 6.92 Å². The Morgan fingerprint density at radius 1 is 1.45 bits per heavy atom. The number of hydrogen-bond acceptors (Lipinski definition) is 4. The number of anilines is 2. The third kappa shape index (κ3) is 3.24. The van der Waals surface area contributed by atoms with Crippen LogP contribution in [0, 0.1) is 0 Å². The van der Waals surface area contributed by atoms with Crippen LogP contribution in [0.2, 0.25) is 0 Å². The van der Waals surface area contributed by atoms with Gasteiger partial charge < -0.3 is 15.4 Å². The molecule has 0 saturated carbocycles. The van der Waals surface area contributed by atoms with Crippen LogP contribution in [0.4, 0.5) is 11.4 Å². The first kappa shape index (κ1) is 14.7. The highest BCUT2D eigenvalue weighted by Gasteiger charge is 2.24. The molecule has 4 nitrogen and oxygen atoms in total. The summed E-state index contributed by atoms with van der Waals surface area (Å²) in [5.74, 6) is -0.271. The zero-order chi connectivity index (χ0) is 14.5. The molecule has 1 aliphatic rings. The maximum atomic E-state index is 12.2. The Kier molecular flexibility index (Phi) is 4.88. The van der Waals surface area contributed by atoms with Gasteiger partial charge in [0.15, 0.2) is 0 Å². The van der Waals surface area contributed by atoms with E-state index in [1.54, 1.807) is 6.07 Å². The molecule has 20 heavy (non-hydrogen) atoms. The van der Waals surface area contributed by atoms with E-state index in [0.29, 0.717) is 23.9 Å². The largest absolute Gasteiger partial charge is 0.462 e. The van der Waals surface area contributed by atoms with Gasteiger partial charge in [0.2, 0.25) is 0 Å². The minimum atomic E-state index is -0.271. The summed E-state index contributed by atoms with van der Waals surface area (Å²) in [6, 6.07) is 5.98. The van der Waals surface area contributed by atoms with Crippen molar-refractivity contribution in [3.63, 3.8) is 0 Å². The van der Waals surface area contributed by atoms with Crippen LogP contribution in [-0.2, 0) is 4.74 Å². The molecule has 1 saturated heterocycles. The van der Waals surface area contributed by atoms with Crippen molar-refractivity contribution >= 4 is 17.3 Å². The van der Waals surface area contributed by atoms with Gasteiger partial charge in [-0.05, 0) is 50.8 Å². The van der Waals surface area contributed by atoms with Crippen LogP contribution < -0.4 is 10.6 Å². The van der Waals surface area contributed by atoms with Crippen molar-refractivity contribution in [1.82, 2.24) is 0 Å². The van der Waals surface area contributed by atoms with Gasteiger partial charge in [-0.3, -0.25) is 0 Å². The van der Waals surface area contributed by atoms with Crippen molar-refractivity contribution in [1.29, 1.82) is 0 Å². The van der Waals surface area contributed by atoms with Gasteiger partial charge in [-0.2, -0.15) is 0 Å². The Hall–Kier alpha value is -1.71. The molecule has 0 spiro atoms. The highest BCUT2D eigenvalue weighted by molar-refractivity contribution is 5.97. The minimum absolute atomic E-state index is 0.271. The summed E-state index contributed by atoms with van der Waals surface area (Å²) in [5, 5.41) is 0. The van der Waals surface area contributed by atoms with Crippen molar-refractivity contribution in [3.05, 3.63) is 23.8 Å². The predicted molar refractivity (Wildman–Crippen MR) is 82.1 cm³/mol. The fourth-order valence-corrected chi connectivity index (χ4v) is 2.70. The van der Waals surface area contributed by atoms with Gasteiger partial charge in [0, 0.05) is 18.3 Å². The summed E-state index contributed by atoms with van der Waals surface area (Å²) in [6.45, 7) is 5.62. The number of nitrogens with two attached hydrogens (primary N) is 1. The van der Waals surface area contributed by atoms with Gasteiger partial charge in [-0.15, -0.1) is 0 Å². The van der Waals surface area contributed by atoms with Gasteiger partial charge >= 0.3 is 5.97 Å². The molecule has 1 aliphatic heterocycles. The van der Waals surface area contributed by atoms with Gasteiger partial charge in [0.25, 0.3) is 0 Å². The number of nitrogen functional groups attached to an aromatic ring is 1. The highest BCUT2D eigenvalue weighted by Crippen LogP contribution is 2.29. The number of carbonyl (C=O) groups is 1. The number of nitrogens with zero attached hydrogens (tertiary/aromatic N) is 1. The average Bonchev–Trinajstić information content (AvgIpc) is 2.45. The van der Waals surface area contributed by atoms with Crippen molar-refractivity contribution in [3.8, 4) is 0 Å². The summed E-state index contributed by atoms with van der Waals surface area (Å²) >= 11 is 0. The van der Waals surface area contributed by atoms with Crippen LogP contribution >= 0.6 is 0 Å². The van der Waals surface area contributed by atoms with Crippen molar-refractivity contribution in [2.45, 2.75) is 45.6 Å². The smallest absolute Gasteiger partial charge is 0.340 e. The molecule has 1 aromatic carbocycles. The van der Waals surface area contributed by atoms with Crippen LogP contribution in [0.15, 0.2) is 18.2 Å². The number of hydrogen-bond donors (Lipinski definition) is 1. The predicted octanol–water partition coefficient (Wildman–Crippen LogP) is 3.21. The van der Waals surface area contributed by atoms with E-state index in [2.05, 4.69) is 11.8 Å². The lowest BCUT2D eigenvalue weighted by Gasteiger charge is -2.36. The Morgan fingerprint density at radius 3 is 2.95 bits per heavy atom. The number of carbonyl (C=O) groups excluding carboxylic acids is 1. The molecule has 0 aliphatic carbocycles. The quantitative estimate of drug-likeness (QED) is 0.677. The van der Waals surface area contributed by atoms with Crippen molar-refractivity contribution < 1.29 is 9.53 Å². The van der Waals surface area contributed by atoms with E-state index in [4.69, 9.17) is 10.5 Å².